The summed E-state index contributed by atoms with van der Waals surface area (Å²) in [6.45, 7) is 4.82. The number of carbonyl (C=O) groups is 1. The Morgan fingerprint density at radius 2 is 2.18 bits per heavy atom. The summed E-state index contributed by atoms with van der Waals surface area (Å²) in [4.78, 5) is 10.9. The molecule has 0 saturated heterocycles. The van der Waals surface area contributed by atoms with Crippen molar-refractivity contribution < 1.29 is 19.4 Å². The Labute approximate surface area is 101 Å². The molecule has 0 bridgehead atoms. The highest BCUT2D eigenvalue weighted by molar-refractivity contribution is 5.91. The molecule has 4 heteroatoms. The number of carboxylic acids is 1. The van der Waals surface area contributed by atoms with Crippen molar-refractivity contribution in [2.75, 3.05) is 13.7 Å². The molecule has 17 heavy (non-hydrogen) atoms. The van der Waals surface area contributed by atoms with Crippen molar-refractivity contribution in [2.24, 2.45) is 5.92 Å². The average Bonchev–Trinajstić information content (AvgIpc) is 2.35. The van der Waals surface area contributed by atoms with Gasteiger partial charge in [-0.2, -0.15) is 0 Å². The zero-order valence-corrected chi connectivity index (χ0v) is 10.4. The minimum Gasteiger partial charge on any atom is -0.496 e. The highest BCUT2D eigenvalue weighted by Crippen LogP contribution is 2.25. The van der Waals surface area contributed by atoms with Gasteiger partial charge in [-0.15, -0.1) is 0 Å². The number of benzene rings is 1. The minimum atomic E-state index is -1.00. The van der Waals surface area contributed by atoms with Gasteiger partial charge in [0.2, 0.25) is 0 Å². The number of hydrogen-bond acceptors (Lipinski definition) is 3. The molecule has 0 aromatic heterocycles. The molecule has 1 unspecified atom stereocenters. The van der Waals surface area contributed by atoms with Crippen LogP contribution in [-0.2, 0) is 0 Å². The number of ether oxygens (including phenoxy) is 2. The van der Waals surface area contributed by atoms with E-state index in [4.69, 9.17) is 14.6 Å². The van der Waals surface area contributed by atoms with Gasteiger partial charge in [-0.05, 0) is 18.1 Å². The van der Waals surface area contributed by atoms with Crippen LogP contribution in [0.25, 0.3) is 0 Å². The van der Waals surface area contributed by atoms with Crippen LogP contribution in [-0.4, -0.2) is 24.8 Å². The van der Waals surface area contributed by atoms with Crippen LogP contribution >= 0.6 is 0 Å². The topological polar surface area (TPSA) is 55.8 Å². The van der Waals surface area contributed by atoms with E-state index in [1.807, 2.05) is 0 Å². The van der Waals surface area contributed by atoms with Crippen molar-refractivity contribution >= 4 is 5.97 Å². The molecule has 0 aliphatic rings. The van der Waals surface area contributed by atoms with Crippen LogP contribution in [0.4, 0.5) is 0 Å². The van der Waals surface area contributed by atoms with Crippen LogP contribution in [0.2, 0.25) is 0 Å². The molecule has 0 spiro atoms. The lowest BCUT2D eigenvalue weighted by Gasteiger charge is -2.12. The Kier molecular flexibility index (Phi) is 4.82. The molecule has 0 heterocycles. The first-order valence-electron chi connectivity index (χ1n) is 5.62. The highest BCUT2D eigenvalue weighted by Gasteiger charge is 2.12. The summed E-state index contributed by atoms with van der Waals surface area (Å²) in [6, 6.07) is 4.74. The molecule has 1 N–H and O–H groups in total. The number of hydrogen-bond donors (Lipinski definition) is 1. The molecule has 4 nitrogen and oxygen atoms in total. The number of methoxy groups -OCH3 is 1. The fourth-order valence-corrected chi connectivity index (χ4v) is 1.29. The average molecular weight is 238 g/mol. The molecular weight excluding hydrogens is 220 g/mol. The lowest BCUT2D eigenvalue weighted by atomic mass is 10.1. The first-order chi connectivity index (χ1) is 8.08. The van der Waals surface area contributed by atoms with E-state index in [-0.39, 0.29) is 5.56 Å². The zero-order valence-electron chi connectivity index (χ0n) is 10.4. The Morgan fingerprint density at radius 1 is 1.47 bits per heavy atom. The van der Waals surface area contributed by atoms with Crippen LogP contribution in [0.1, 0.15) is 30.6 Å². The van der Waals surface area contributed by atoms with E-state index in [1.54, 1.807) is 12.1 Å². The third-order valence-electron chi connectivity index (χ3n) is 2.63. The molecular formula is C13H18O4. The van der Waals surface area contributed by atoms with Crippen molar-refractivity contribution in [3.8, 4) is 11.5 Å². The van der Waals surface area contributed by atoms with E-state index in [0.717, 1.165) is 6.42 Å². The van der Waals surface area contributed by atoms with Gasteiger partial charge in [-0.25, -0.2) is 4.79 Å². The van der Waals surface area contributed by atoms with E-state index in [0.29, 0.717) is 24.0 Å². The third kappa shape index (κ3) is 3.66. The van der Waals surface area contributed by atoms with Gasteiger partial charge in [0.25, 0.3) is 0 Å². The maximum atomic E-state index is 10.9. The summed E-state index contributed by atoms with van der Waals surface area (Å²) >= 11 is 0. The van der Waals surface area contributed by atoms with Crippen LogP contribution < -0.4 is 9.47 Å². The van der Waals surface area contributed by atoms with E-state index in [9.17, 15) is 4.79 Å². The highest BCUT2D eigenvalue weighted by atomic mass is 16.5. The molecule has 0 aliphatic carbocycles. The van der Waals surface area contributed by atoms with Gasteiger partial charge in [0.05, 0.1) is 13.7 Å². The fraction of sp³-hybridized carbons (Fsp3) is 0.462. The van der Waals surface area contributed by atoms with Gasteiger partial charge in [-0.1, -0.05) is 20.3 Å². The maximum Gasteiger partial charge on any atom is 0.339 e. The van der Waals surface area contributed by atoms with E-state index >= 15 is 0 Å². The minimum absolute atomic E-state index is 0.142. The summed E-state index contributed by atoms with van der Waals surface area (Å²) in [7, 11) is 1.44. The van der Waals surface area contributed by atoms with Crippen molar-refractivity contribution in [1.29, 1.82) is 0 Å². The Bertz CT molecular complexity index is 387. The summed E-state index contributed by atoms with van der Waals surface area (Å²) < 4.78 is 10.6. The Morgan fingerprint density at radius 3 is 2.71 bits per heavy atom. The van der Waals surface area contributed by atoms with Gasteiger partial charge >= 0.3 is 5.97 Å². The number of rotatable bonds is 6. The third-order valence-corrected chi connectivity index (χ3v) is 2.63. The molecule has 0 aliphatic heterocycles. The molecule has 0 saturated carbocycles. The predicted molar refractivity (Wildman–Crippen MR) is 64.9 cm³/mol. The standard InChI is InChI=1S/C13H18O4/c1-4-9(2)8-17-10-5-6-11(13(14)15)12(7-10)16-3/h5-7,9H,4,8H2,1-3H3,(H,14,15). The van der Waals surface area contributed by atoms with Crippen molar-refractivity contribution in [1.82, 2.24) is 0 Å². The van der Waals surface area contributed by atoms with Crippen molar-refractivity contribution in [3.05, 3.63) is 23.8 Å². The van der Waals surface area contributed by atoms with Gasteiger partial charge in [0.15, 0.2) is 0 Å². The van der Waals surface area contributed by atoms with Gasteiger partial charge < -0.3 is 14.6 Å². The van der Waals surface area contributed by atoms with Crippen molar-refractivity contribution in [2.45, 2.75) is 20.3 Å². The second-order valence-corrected chi connectivity index (χ2v) is 3.99. The largest absolute Gasteiger partial charge is 0.496 e. The molecule has 1 aromatic rings. The molecule has 1 rings (SSSR count). The Balaban J connectivity index is 2.79. The van der Waals surface area contributed by atoms with Gasteiger partial charge in [0.1, 0.15) is 17.1 Å². The molecule has 1 aromatic carbocycles. The molecule has 0 fully saturated rings. The second-order valence-electron chi connectivity index (χ2n) is 3.99. The number of carboxylic acid groups (broad SMARTS) is 1. The maximum absolute atomic E-state index is 10.9. The van der Waals surface area contributed by atoms with E-state index < -0.39 is 5.97 Å². The second kappa shape index (κ2) is 6.13. The van der Waals surface area contributed by atoms with Crippen LogP contribution in [0, 0.1) is 5.92 Å². The SMILES string of the molecule is CCC(C)COc1ccc(C(=O)O)c(OC)c1. The zero-order chi connectivity index (χ0) is 12.8. The molecule has 0 amide bonds. The monoisotopic (exact) mass is 238 g/mol. The van der Waals surface area contributed by atoms with Crippen molar-refractivity contribution in [3.63, 3.8) is 0 Å². The summed E-state index contributed by atoms with van der Waals surface area (Å²) in [5.41, 5.74) is 0.142. The Hall–Kier alpha value is -1.71. The molecule has 0 radical (unpaired) electrons. The summed E-state index contributed by atoms with van der Waals surface area (Å²) in [6.07, 6.45) is 1.05. The van der Waals surface area contributed by atoms with Gasteiger partial charge in [0, 0.05) is 6.07 Å². The fourth-order valence-electron chi connectivity index (χ4n) is 1.29. The summed E-state index contributed by atoms with van der Waals surface area (Å²) in [5, 5.41) is 8.92. The lowest BCUT2D eigenvalue weighted by Crippen LogP contribution is -2.08. The molecule has 1 atom stereocenters. The smallest absolute Gasteiger partial charge is 0.339 e. The van der Waals surface area contributed by atoms with Crippen LogP contribution in [0.15, 0.2) is 18.2 Å². The van der Waals surface area contributed by atoms with E-state index in [1.165, 1.54) is 13.2 Å². The van der Waals surface area contributed by atoms with Crippen LogP contribution in [0.5, 0.6) is 11.5 Å². The lowest BCUT2D eigenvalue weighted by molar-refractivity contribution is 0.0693. The van der Waals surface area contributed by atoms with E-state index in [2.05, 4.69) is 13.8 Å². The summed E-state index contributed by atoms with van der Waals surface area (Å²) in [5.74, 6) is 0.418. The predicted octanol–water partition coefficient (Wildman–Crippen LogP) is 2.82. The van der Waals surface area contributed by atoms with Gasteiger partial charge in [-0.3, -0.25) is 0 Å². The van der Waals surface area contributed by atoms with Crippen LogP contribution in [0.3, 0.4) is 0 Å². The first kappa shape index (κ1) is 13.4. The normalized spacial score (nSPS) is 11.9. The quantitative estimate of drug-likeness (QED) is 0.828. The number of aromatic carboxylic acids is 1. The first-order valence-corrected chi connectivity index (χ1v) is 5.62. The molecule has 94 valence electrons.